The number of benzene rings is 1. The van der Waals surface area contributed by atoms with E-state index in [-0.39, 0.29) is 28.9 Å². The van der Waals surface area contributed by atoms with Gasteiger partial charge in [-0.15, -0.1) is 0 Å². The molecule has 4 heterocycles. The highest BCUT2D eigenvalue weighted by Crippen LogP contribution is 2.36. The molecule has 2 atom stereocenters. The van der Waals surface area contributed by atoms with Crippen molar-refractivity contribution in [3.63, 3.8) is 0 Å². The number of piperazine rings is 1. The van der Waals surface area contributed by atoms with Crippen LogP contribution in [-0.2, 0) is 4.74 Å². The number of rotatable bonds is 6. The third-order valence-corrected chi connectivity index (χ3v) is 7.64. The fraction of sp³-hybridized carbons (Fsp3) is 0.429. The summed E-state index contributed by atoms with van der Waals surface area (Å²) in [6.07, 6.45) is 0.955. The summed E-state index contributed by atoms with van der Waals surface area (Å²) in [5.41, 5.74) is -0.632. The molecule has 0 aliphatic carbocycles. The molecular formula is C28H32F3N7O3. The van der Waals surface area contributed by atoms with E-state index in [1.807, 2.05) is 30.7 Å². The number of nitrogens with zero attached hydrogens (tertiary/aromatic N) is 5. The highest BCUT2D eigenvalue weighted by molar-refractivity contribution is 6.07. The molecule has 0 saturated carbocycles. The lowest BCUT2D eigenvalue weighted by Gasteiger charge is -2.39. The van der Waals surface area contributed by atoms with E-state index in [0.29, 0.717) is 62.7 Å². The number of carbonyl (C=O) groups excluding carboxylic acids is 1. The van der Waals surface area contributed by atoms with Crippen molar-refractivity contribution in [1.82, 2.24) is 19.9 Å². The number of likely N-dealkylation sites (N-methyl/N-ethyl adjacent to an activating group) is 1. The minimum Gasteiger partial charge on any atom is -0.377 e. The van der Waals surface area contributed by atoms with Crippen molar-refractivity contribution in [3.8, 4) is 11.1 Å². The molecule has 13 heteroatoms. The number of ether oxygens (including phenoxy) is 1. The van der Waals surface area contributed by atoms with E-state index in [1.165, 1.54) is 24.5 Å². The van der Waals surface area contributed by atoms with Crippen LogP contribution in [0.25, 0.3) is 11.1 Å². The molecule has 2 saturated heterocycles. The van der Waals surface area contributed by atoms with Crippen LogP contribution < -0.4 is 20.7 Å². The minimum absolute atomic E-state index is 0.0875. The molecule has 10 nitrogen and oxygen atoms in total. The fourth-order valence-electron chi connectivity index (χ4n) is 5.10. The first-order valence-corrected chi connectivity index (χ1v) is 13.4. The number of hydrogen-bond donors (Lipinski definition) is 2. The van der Waals surface area contributed by atoms with E-state index in [0.717, 1.165) is 6.20 Å². The monoisotopic (exact) mass is 571 g/mol. The first-order chi connectivity index (χ1) is 19.6. The summed E-state index contributed by atoms with van der Waals surface area (Å²) < 4.78 is 48.5. The van der Waals surface area contributed by atoms with Crippen LogP contribution in [0.4, 0.5) is 30.5 Å². The Morgan fingerprint density at radius 1 is 1.12 bits per heavy atom. The van der Waals surface area contributed by atoms with E-state index in [4.69, 9.17) is 4.74 Å². The van der Waals surface area contributed by atoms with E-state index in [1.54, 1.807) is 0 Å². The Bertz CT molecular complexity index is 1470. The number of nitrogens with one attached hydrogen (secondary N) is 2. The van der Waals surface area contributed by atoms with Gasteiger partial charge in [-0.3, -0.25) is 9.59 Å². The molecule has 2 aromatic heterocycles. The van der Waals surface area contributed by atoms with Gasteiger partial charge in [0, 0.05) is 73.6 Å². The van der Waals surface area contributed by atoms with Crippen molar-refractivity contribution in [2.45, 2.75) is 32.4 Å². The van der Waals surface area contributed by atoms with Crippen LogP contribution in [0.2, 0.25) is 0 Å². The van der Waals surface area contributed by atoms with Crippen LogP contribution in [0.1, 0.15) is 36.2 Å². The van der Waals surface area contributed by atoms with Crippen LogP contribution in [-0.4, -0.2) is 84.3 Å². The zero-order valence-electron chi connectivity index (χ0n) is 23.0. The summed E-state index contributed by atoms with van der Waals surface area (Å²) in [5, 5.41) is 2.69. The second kappa shape index (κ2) is 11.9. The van der Waals surface area contributed by atoms with E-state index in [2.05, 4.69) is 25.2 Å². The van der Waals surface area contributed by atoms with Crippen molar-refractivity contribution in [2.24, 2.45) is 0 Å². The molecule has 2 fully saturated rings. The van der Waals surface area contributed by atoms with Crippen LogP contribution in [0, 0.1) is 5.82 Å². The van der Waals surface area contributed by atoms with Crippen LogP contribution in [0.5, 0.6) is 0 Å². The number of aromatic amines is 1. The minimum atomic E-state index is -3.04. The van der Waals surface area contributed by atoms with Crippen LogP contribution >= 0.6 is 0 Å². The average Bonchev–Trinajstić information content (AvgIpc) is 2.95. The number of amides is 1. The van der Waals surface area contributed by atoms with Crippen LogP contribution in [0.15, 0.2) is 41.6 Å². The third-order valence-electron chi connectivity index (χ3n) is 7.64. The summed E-state index contributed by atoms with van der Waals surface area (Å²) in [5.74, 6) is -0.900. The zero-order chi connectivity index (χ0) is 29.3. The quantitative estimate of drug-likeness (QED) is 0.463. The van der Waals surface area contributed by atoms with Crippen molar-refractivity contribution in [1.29, 1.82) is 0 Å². The van der Waals surface area contributed by atoms with Crippen molar-refractivity contribution in [2.75, 3.05) is 61.6 Å². The van der Waals surface area contributed by atoms with Crippen molar-refractivity contribution in [3.05, 3.63) is 64.1 Å². The van der Waals surface area contributed by atoms with Gasteiger partial charge in [0.15, 0.2) is 0 Å². The van der Waals surface area contributed by atoms with Crippen molar-refractivity contribution < 1.29 is 22.7 Å². The van der Waals surface area contributed by atoms with Gasteiger partial charge in [0.25, 0.3) is 12.3 Å². The molecular weight excluding hydrogens is 539 g/mol. The number of halogens is 3. The Kier molecular flexibility index (Phi) is 8.27. The molecule has 41 heavy (non-hydrogen) atoms. The number of aromatic nitrogens is 3. The van der Waals surface area contributed by atoms with Gasteiger partial charge in [-0.25, -0.2) is 23.1 Å². The lowest BCUT2D eigenvalue weighted by molar-refractivity contribution is 0.0981. The van der Waals surface area contributed by atoms with E-state index < -0.39 is 29.3 Å². The smallest absolute Gasteiger partial charge is 0.264 e. The molecule has 0 spiro atoms. The normalized spacial score (nSPS) is 20.0. The molecule has 1 aromatic carbocycles. The van der Waals surface area contributed by atoms with Gasteiger partial charge in [0.2, 0.25) is 11.5 Å². The highest BCUT2D eigenvalue weighted by atomic mass is 19.3. The maximum Gasteiger partial charge on any atom is 0.264 e. The fourth-order valence-corrected chi connectivity index (χ4v) is 5.10. The van der Waals surface area contributed by atoms with Gasteiger partial charge >= 0.3 is 0 Å². The first kappa shape index (κ1) is 28.6. The molecule has 2 aliphatic rings. The number of morpholine rings is 1. The summed E-state index contributed by atoms with van der Waals surface area (Å²) in [6, 6.07) is 3.75. The molecule has 3 aromatic rings. The second-order valence-corrected chi connectivity index (χ2v) is 10.4. The van der Waals surface area contributed by atoms with Gasteiger partial charge in [-0.1, -0.05) is 0 Å². The maximum atomic E-state index is 15.7. The van der Waals surface area contributed by atoms with Crippen molar-refractivity contribution >= 4 is 23.2 Å². The number of H-pyrrole nitrogens is 1. The molecule has 5 rings (SSSR count). The number of anilines is 3. The Balaban J connectivity index is 1.52. The molecule has 218 valence electrons. The molecule has 1 amide bonds. The number of alkyl halides is 2. The Morgan fingerprint density at radius 3 is 2.56 bits per heavy atom. The standard InChI is InChI=1S/C28H32F3N7O3/c1-16-14-37(5-4-36(16)3)24-10-22(29)19(18-11-33-28(34-12-18)38-6-7-41-15-17(38)2)8-23(24)35-27(40)21-13-32-25(39)9-20(21)26(30)31/h8-13,16-17,26H,4-7,14-15H2,1-3H3,(H,32,39)(H,35,40)/t16-,17-/m1/s1. The number of pyridine rings is 1. The molecule has 0 unspecified atom stereocenters. The third kappa shape index (κ3) is 6.05. The summed E-state index contributed by atoms with van der Waals surface area (Å²) >= 11 is 0. The SMILES string of the molecule is C[C@@H]1CN(c2cc(F)c(-c3cnc(N4CCOC[C@H]4C)nc3)cc2NC(=O)c2c[nH]c(=O)cc2C(F)F)CCN1C. The van der Waals surface area contributed by atoms with Gasteiger partial charge in [-0.2, -0.15) is 0 Å². The Labute approximate surface area is 235 Å². The molecule has 2 N–H and O–H groups in total. The van der Waals surface area contributed by atoms with Gasteiger partial charge in [0.1, 0.15) is 5.82 Å². The first-order valence-electron chi connectivity index (χ1n) is 13.4. The number of hydrogen-bond acceptors (Lipinski definition) is 8. The maximum absolute atomic E-state index is 15.7. The number of carbonyl (C=O) groups is 1. The highest BCUT2D eigenvalue weighted by Gasteiger charge is 2.27. The Hall–Kier alpha value is -3.97. The van der Waals surface area contributed by atoms with E-state index in [9.17, 15) is 18.4 Å². The van der Waals surface area contributed by atoms with E-state index >= 15 is 4.39 Å². The lowest BCUT2D eigenvalue weighted by Crippen LogP contribution is -2.50. The molecule has 0 bridgehead atoms. The van der Waals surface area contributed by atoms with Crippen LogP contribution in [0.3, 0.4) is 0 Å². The zero-order valence-corrected chi connectivity index (χ0v) is 23.0. The predicted molar refractivity (Wildman–Crippen MR) is 149 cm³/mol. The van der Waals surface area contributed by atoms with Gasteiger partial charge < -0.3 is 29.7 Å². The average molecular weight is 572 g/mol. The summed E-state index contributed by atoms with van der Waals surface area (Å²) in [4.78, 5) is 42.2. The lowest BCUT2D eigenvalue weighted by atomic mass is 10.0. The second-order valence-electron chi connectivity index (χ2n) is 10.4. The van der Waals surface area contributed by atoms with Gasteiger partial charge in [0.05, 0.1) is 36.2 Å². The Morgan fingerprint density at radius 2 is 1.88 bits per heavy atom. The topological polar surface area (TPSA) is 107 Å². The molecule has 0 radical (unpaired) electrons. The summed E-state index contributed by atoms with van der Waals surface area (Å²) in [7, 11) is 2.00. The predicted octanol–water partition coefficient (Wildman–Crippen LogP) is 3.53. The largest absolute Gasteiger partial charge is 0.377 e. The molecule has 2 aliphatic heterocycles. The summed E-state index contributed by atoms with van der Waals surface area (Å²) in [6.45, 7) is 7.63. The van der Waals surface area contributed by atoms with Gasteiger partial charge in [-0.05, 0) is 33.0 Å².